The smallest absolute Gasteiger partial charge is 0.311 e. The number of thioether (sulfide) groups is 1. The van der Waals surface area contributed by atoms with Gasteiger partial charge in [-0.3, -0.25) is 24.6 Å². The summed E-state index contributed by atoms with van der Waals surface area (Å²) in [5.41, 5.74) is 0.540. The second-order valence-corrected chi connectivity index (χ2v) is 7.09. The van der Waals surface area contributed by atoms with Crippen LogP contribution in [0, 0.1) is 15.9 Å². The molecule has 0 aliphatic carbocycles. The highest BCUT2D eigenvalue weighted by atomic mass is 35.5. The van der Waals surface area contributed by atoms with Crippen LogP contribution in [-0.4, -0.2) is 28.1 Å². The maximum Gasteiger partial charge on any atom is 0.311 e. The highest BCUT2D eigenvalue weighted by Crippen LogP contribution is 2.35. The van der Waals surface area contributed by atoms with E-state index in [0.717, 1.165) is 11.0 Å². The summed E-state index contributed by atoms with van der Waals surface area (Å²) in [5.74, 6) is -1.00. The molecule has 0 N–H and O–H groups in total. The fraction of sp³-hybridized carbons (Fsp3) is 0.111. The van der Waals surface area contributed by atoms with Crippen molar-refractivity contribution in [2.24, 2.45) is 0 Å². The lowest BCUT2D eigenvalue weighted by Gasteiger charge is -2.13. The predicted octanol–water partition coefficient (Wildman–Crippen LogP) is 4.63. The van der Waals surface area contributed by atoms with Crippen molar-refractivity contribution >= 4 is 46.3 Å². The van der Waals surface area contributed by atoms with Crippen LogP contribution in [0.1, 0.15) is 11.1 Å². The molecule has 0 aromatic heterocycles. The number of rotatable bonds is 5. The summed E-state index contributed by atoms with van der Waals surface area (Å²) in [6.45, 7) is -0.107. The number of methoxy groups -OCH3 is 1. The van der Waals surface area contributed by atoms with Crippen LogP contribution in [0.4, 0.5) is 14.9 Å². The lowest BCUT2D eigenvalue weighted by atomic mass is 10.1. The SMILES string of the molecule is COc1ccc(/C=C2\SC(=O)N(Cc3ccc(F)cc3Cl)C2=O)cc1[N+](=O)[O-]. The molecule has 2 aromatic rings. The predicted molar refractivity (Wildman–Crippen MR) is 103 cm³/mol. The number of nitrogens with zero attached hydrogens (tertiary/aromatic N) is 2. The first-order valence-electron chi connectivity index (χ1n) is 7.82. The van der Waals surface area contributed by atoms with Crippen molar-refractivity contribution in [3.63, 3.8) is 0 Å². The molecule has 0 unspecified atom stereocenters. The summed E-state index contributed by atoms with van der Waals surface area (Å²) in [7, 11) is 1.31. The highest BCUT2D eigenvalue weighted by Gasteiger charge is 2.35. The molecular weight excluding hydrogens is 411 g/mol. The molecule has 144 valence electrons. The Kier molecular flexibility index (Phi) is 5.66. The maximum absolute atomic E-state index is 13.2. The number of hydrogen-bond donors (Lipinski definition) is 0. The number of nitro groups is 1. The molecule has 3 rings (SSSR count). The topological polar surface area (TPSA) is 89.8 Å². The number of carbonyl (C=O) groups excluding carboxylic acids is 2. The first kappa shape index (κ1) is 19.8. The second kappa shape index (κ2) is 7.99. The average molecular weight is 423 g/mol. The van der Waals surface area contributed by atoms with E-state index in [9.17, 15) is 24.1 Å². The van der Waals surface area contributed by atoms with Crippen LogP contribution in [0.15, 0.2) is 41.3 Å². The number of imide groups is 1. The van der Waals surface area contributed by atoms with Crippen molar-refractivity contribution in [3.05, 3.63) is 73.4 Å². The van der Waals surface area contributed by atoms with Gasteiger partial charge in [-0.25, -0.2) is 4.39 Å². The van der Waals surface area contributed by atoms with Crippen molar-refractivity contribution in [1.82, 2.24) is 4.90 Å². The Labute approximate surface area is 167 Å². The first-order chi connectivity index (χ1) is 13.3. The van der Waals surface area contributed by atoms with E-state index in [4.69, 9.17) is 16.3 Å². The van der Waals surface area contributed by atoms with E-state index >= 15 is 0 Å². The second-order valence-electron chi connectivity index (χ2n) is 5.69. The molecule has 0 spiro atoms. The van der Waals surface area contributed by atoms with Crippen molar-refractivity contribution in [3.8, 4) is 5.75 Å². The maximum atomic E-state index is 13.2. The van der Waals surface area contributed by atoms with Gasteiger partial charge in [-0.2, -0.15) is 0 Å². The van der Waals surface area contributed by atoms with Gasteiger partial charge in [0.2, 0.25) is 0 Å². The minimum absolute atomic E-state index is 0.0845. The zero-order valence-electron chi connectivity index (χ0n) is 14.3. The Morgan fingerprint density at radius 2 is 2.04 bits per heavy atom. The molecule has 28 heavy (non-hydrogen) atoms. The largest absolute Gasteiger partial charge is 0.490 e. The molecule has 0 atom stereocenters. The van der Waals surface area contributed by atoms with E-state index in [-0.39, 0.29) is 27.9 Å². The van der Waals surface area contributed by atoms with Crippen LogP contribution >= 0.6 is 23.4 Å². The summed E-state index contributed by atoms with van der Waals surface area (Å²) < 4.78 is 18.1. The first-order valence-corrected chi connectivity index (χ1v) is 9.01. The zero-order chi connectivity index (χ0) is 20.4. The van der Waals surface area contributed by atoms with E-state index < -0.39 is 21.9 Å². The summed E-state index contributed by atoms with van der Waals surface area (Å²) in [6, 6.07) is 7.89. The molecule has 2 amide bonds. The zero-order valence-corrected chi connectivity index (χ0v) is 15.9. The van der Waals surface area contributed by atoms with Crippen LogP contribution in [0.25, 0.3) is 6.08 Å². The Hall–Kier alpha value is -2.91. The Morgan fingerprint density at radius 3 is 2.68 bits per heavy atom. The minimum Gasteiger partial charge on any atom is -0.490 e. The molecule has 7 nitrogen and oxygen atoms in total. The van der Waals surface area contributed by atoms with Gasteiger partial charge in [-0.15, -0.1) is 0 Å². The van der Waals surface area contributed by atoms with Crippen LogP contribution < -0.4 is 4.74 Å². The standard InChI is InChI=1S/C18H12ClFN2O5S/c1-27-15-5-2-10(6-14(15)22(25)26)7-16-17(23)21(18(24)28-16)9-11-3-4-12(20)8-13(11)19/h2-8H,9H2,1H3/b16-7-. The fourth-order valence-corrected chi connectivity index (χ4v) is 3.61. The van der Waals surface area contributed by atoms with E-state index in [1.807, 2.05) is 0 Å². The van der Waals surface area contributed by atoms with E-state index in [2.05, 4.69) is 0 Å². The van der Waals surface area contributed by atoms with Gasteiger partial charge in [-0.1, -0.05) is 23.7 Å². The lowest BCUT2D eigenvalue weighted by Crippen LogP contribution is -2.27. The summed E-state index contributed by atoms with van der Waals surface area (Å²) in [4.78, 5) is 36.4. The monoisotopic (exact) mass is 422 g/mol. The number of benzene rings is 2. The third kappa shape index (κ3) is 4.00. The third-order valence-corrected chi connectivity index (χ3v) is 5.17. The Balaban J connectivity index is 1.87. The highest BCUT2D eigenvalue weighted by molar-refractivity contribution is 8.18. The molecule has 1 aliphatic rings. The normalized spacial score (nSPS) is 15.4. The molecule has 1 saturated heterocycles. The Morgan fingerprint density at radius 1 is 1.29 bits per heavy atom. The molecule has 0 radical (unpaired) electrons. The van der Waals surface area contributed by atoms with E-state index in [1.54, 1.807) is 0 Å². The molecule has 1 fully saturated rings. The number of ether oxygens (including phenoxy) is 1. The number of carbonyl (C=O) groups is 2. The van der Waals surface area contributed by atoms with E-state index in [0.29, 0.717) is 22.9 Å². The molecule has 2 aromatic carbocycles. The van der Waals surface area contributed by atoms with Gasteiger partial charge in [-0.05, 0) is 47.2 Å². The van der Waals surface area contributed by atoms with Gasteiger partial charge in [0.1, 0.15) is 5.82 Å². The number of hydrogen-bond acceptors (Lipinski definition) is 6. The van der Waals surface area contributed by atoms with Gasteiger partial charge >= 0.3 is 5.69 Å². The van der Waals surface area contributed by atoms with Gasteiger partial charge in [0.25, 0.3) is 11.1 Å². The van der Waals surface area contributed by atoms with Crippen LogP contribution in [-0.2, 0) is 11.3 Å². The lowest BCUT2D eigenvalue weighted by molar-refractivity contribution is -0.385. The van der Waals surface area contributed by atoms with Crippen LogP contribution in [0.3, 0.4) is 0 Å². The number of halogens is 2. The van der Waals surface area contributed by atoms with Crippen molar-refractivity contribution in [2.75, 3.05) is 7.11 Å². The van der Waals surface area contributed by atoms with E-state index in [1.165, 1.54) is 43.5 Å². The van der Waals surface area contributed by atoms with Crippen LogP contribution in [0.5, 0.6) is 5.75 Å². The molecular formula is C18H12ClFN2O5S. The van der Waals surface area contributed by atoms with Gasteiger partial charge in [0.15, 0.2) is 5.75 Å². The number of nitro benzene ring substituents is 1. The molecule has 0 saturated carbocycles. The van der Waals surface area contributed by atoms with Crippen molar-refractivity contribution in [1.29, 1.82) is 0 Å². The molecule has 1 aliphatic heterocycles. The summed E-state index contributed by atoms with van der Waals surface area (Å²) >= 11 is 6.67. The average Bonchev–Trinajstić information content (AvgIpc) is 2.91. The van der Waals surface area contributed by atoms with Crippen LogP contribution in [0.2, 0.25) is 5.02 Å². The molecule has 0 bridgehead atoms. The quantitative estimate of drug-likeness (QED) is 0.396. The van der Waals surface area contributed by atoms with Gasteiger partial charge in [0, 0.05) is 11.1 Å². The molecule has 10 heteroatoms. The molecule has 1 heterocycles. The van der Waals surface area contributed by atoms with Crippen molar-refractivity contribution < 1.29 is 23.6 Å². The Bertz CT molecular complexity index is 1030. The minimum atomic E-state index is -0.599. The number of amides is 2. The third-order valence-electron chi connectivity index (χ3n) is 3.91. The van der Waals surface area contributed by atoms with Gasteiger partial charge < -0.3 is 4.74 Å². The summed E-state index contributed by atoms with van der Waals surface area (Å²) in [6.07, 6.45) is 1.39. The van der Waals surface area contributed by atoms with Crippen molar-refractivity contribution in [2.45, 2.75) is 6.54 Å². The summed E-state index contributed by atoms with van der Waals surface area (Å²) in [5, 5.41) is 10.7. The fourth-order valence-electron chi connectivity index (χ4n) is 2.55. The van der Waals surface area contributed by atoms with Gasteiger partial charge in [0.05, 0.1) is 23.5 Å².